The van der Waals surface area contributed by atoms with E-state index in [9.17, 15) is 26.7 Å². The van der Waals surface area contributed by atoms with E-state index >= 15 is 0 Å². The lowest BCUT2D eigenvalue weighted by atomic mass is 10.1. The number of nitrogens with one attached hydrogen (secondary N) is 2. The molecule has 1 unspecified atom stereocenters. The number of rotatable bonds is 7. The zero-order chi connectivity index (χ0) is 20.0. The number of carbonyl (C=O) groups excluding carboxylic acids is 1. The van der Waals surface area contributed by atoms with Gasteiger partial charge in [0, 0.05) is 38.3 Å². The zero-order valence-electron chi connectivity index (χ0n) is 14.9. The van der Waals surface area contributed by atoms with Crippen molar-refractivity contribution in [1.29, 1.82) is 0 Å². The Kier molecular flexibility index (Phi) is 9.18. The van der Waals surface area contributed by atoms with Gasteiger partial charge in [-0.25, -0.2) is 0 Å². The normalized spacial score (nSPS) is 16.2. The van der Waals surface area contributed by atoms with E-state index in [0.717, 1.165) is 12.1 Å². The molecule has 0 radical (unpaired) electrons. The van der Waals surface area contributed by atoms with Crippen LogP contribution in [0.2, 0.25) is 0 Å². The first-order chi connectivity index (χ1) is 12.7. The van der Waals surface area contributed by atoms with Crippen molar-refractivity contribution in [1.82, 2.24) is 15.5 Å². The molecule has 1 amide bonds. The number of nitrogens with zero attached hydrogens (tertiary/aromatic N) is 1. The Morgan fingerprint density at radius 3 is 2.43 bits per heavy atom. The van der Waals surface area contributed by atoms with Crippen molar-refractivity contribution >= 4 is 18.3 Å². The van der Waals surface area contributed by atoms with Crippen molar-refractivity contribution in [2.24, 2.45) is 0 Å². The van der Waals surface area contributed by atoms with Crippen LogP contribution in [-0.2, 0) is 0 Å². The Morgan fingerprint density at radius 2 is 1.89 bits per heavy atom. The van der Waals surface area contributed by atoms with Gasteiger partial charge in [0.2, 0.25) is 0 Å². The van der Waals surface area contributed by atoms with Gasteiger partial charge >= 0.3 is 12.8 Å². The van der Waals surface area contributed by atoms with E-state index in [1.165, 1.54) is 18.1 Å². The fraction of sp³-hybridized carbons (Fsp3) is 0.562. The van der Waals surface area contributed by atoms with Gasteiger partial charge < -0.3 is 20.1 Å². The highest BCUT2D eigenvalue weighted by Crippen LogP contribution is 2.29. The molecule has 0 bridgehead atoms. The quantitative estimate of drug-likeness (QED) is 0.646. The van der Waals surface area contributed by atoms with Crippen molar-refractivity contribution in [3.8, 4) is 11.5 Å². The molecule has 0 aliphatic carbocycles. The number of methoxy groups -OCH3 is 1. The summed E-state index contributed by atoms with van der Waals surface area (Å²) in [6, 6.07) is 1.58. The summed E-state index contributed by atoms with van der Waals surface area (Å²) < 4.78 is 73.8. The minimum absolute atomic E-state index is 0. The van der Waals surface area contributed by atoms with Crippen LogP contribution in [-0.4, -0.2) is 69.5 Å². The van der Waals surface area contributed by atoms with Gasteiger partial charge in [0.15, 0.2) is 11.5 Å². The van der Waals surface area contributed by atoms with Crippen LogP contribution in [0.1, 0.15) is 10.4 Å². The first kappa shape index (κ1) is 24.2. The molecule has 1 fully saturated rings. The van der Waals surface area contributed by atoms with E-state index in [-0.39, 0.29) is 42.6 Å². The van der Waals surface area contributed by atoms with Crippen LogP contribution < -0.4 is 20.1 Å². The number of hydrogen-bond donors (Lipinski definition) is 2. The summed E-state index contributed by atoms with van der Waals surface area (Å²) in [5, 5.41) is 5.22. The highest BCUT2D eigenvalue weighted by atomic mass is 35.5. The molecule has 160 valence electrons. The van der Waals surface area contributed by atoms with Crippen LogP contribution >= 0.6 is 12.4 Å². The standard InChI is InChI=1S/C16H20F5N3O3.ClH/c1-26-12-8-10(2-3-11(12)27-15(17)18)14(25)23-9-13(16(19,20)21)24-6-4-22-5-7-24;/h2-3,8,13,15,22H,4-7,9H2,1H3,(H,23,25);1H. The Hall–Kier alpha value is -1.85. The predicted octanol–water partition coefficient (Wildman–Crippen LogP) is 2.28. The van der Waals surface area contributed by atoms with Crippen molar-refractivity contribution < 1.29 is 36.2 Å². The first-order valence-corrected chi connectivity index (χ1v) is 8.15. The van der Waals surface area contributed by atoms with Crippen molar-refractivity contribution in [3.63, 3.8) is 0 Å². The second-order valence-electron chi connectivity index (χ2n) is 5.80. The molecular formula is C16H21ClF5N3O3. The minimum atomic E-state index is -4.50. The van der Waals surface area contributed by atoms with Gasteiger partial charge in [-0.05, 0) is 18.2 Å². The number of halogens is 6. The molecular weight excluding hydrogens is 413 g/mol. The van der Waals surface area contributed by atoms with Gasteiger partial charge in [0.25, 0.3) is 5.91 Å². The molecule has 1 heterocycles. The molecule has 1 atom stereocenters. The molecule has 0 saturated carbocycles. The van der Waals surface area contributed by atoms with Crippen LogP contribution in [0.3, 0.4) is 0 Å². The fourth-order valence-electron chi connectivity index (χ4n) is 2.74. The molecule has 28 heavy (non-hydrogen) atoms. The smallest absolute Gasteiger partial charge is 0.405 e. The summed E-state index contributed by atoms with van der Waals surface area (Å²) >= 11 is 0. The number of amides is 1. The van der Waals surface area contributed by atoms with E-state index in [1.807, 2.05) is 0 Å². The molecule has 1 aromatic carbocycles. The van der Waals surface area contributed by atoms with Crippen LogP contribution in [0, 0.1) is 0 Å². The van der Waals surface area contributed by atoms with E-state index in [4.69, 9.17) is 4.74 Å². The van der Waals surface area contributed by atoms with Gasteiger partial charge in [-0.3, -0.25) is 9.69 Å². The number of alkyl halides is 5. The first-order valence-electron chi connectivity index (χ1n) is 8.15. The second-order valence-corrected chi connectivity index (χ2v) is 5.80. The fourth-order valence-corrected chi connectivity index (χ4v) is 2.74. The lowest BCUT2D eigenvalue weighted by Crippen LogP contribution is -2.57. The molecule has 2 rings (SSSR count). The third-order valence-electron chi connectivity index (χ3n) is 4.07. The Balaban J connectivity index is 0.00000392. The monoisotopic (exact) mass is 433 g/mol. The van der Waals surface area contributed by atoms with Crippen LogP contribution in [0.15, 0.2) is 18.2 Å². The molecule has 2 N–H and O–H groups in total. The van der Waals surface area contributed by atoms with Gasteiger partial charge in [-0.2, -0.15) is 22.0 Å². The highest BCUT2D eigenvalue weighted by Gasteiger charge is 2.43. The number of piperazine rings is 1. The summed E-state index contributed by atoms with van der Waals surface area (Å²) in [7, 11) is 1.19. The van der Waals surface area contributed by atoms with Crippen LogP contribution in [0.25, 0.3) is 0 Å². The SMILES string of the molecule is COc1cc(C(=O)NCC(N2CCNCC2)C(F)(F)F)ccc1OC(F)F.Cl. The number of benzene rings is 1. The van der Waals surface area contributed by atoms with Crippen LogP contribution in [0.5, 0.6) is 11.5 Å². The number of carbonyl (C=O) groups is 1. The van der Waals surface area contributed by atoms with E-state index < -0.39 is 31.3 Å². The Bertz CT molecular complexity index is 642. The summed E-state index contributed by atoms with van der Waals surface area (Å²) in [6.45, 7) is -2.40. The third-order valence-corrected chi connectivity index (χ3v) is 4.07. The van der Waals surface area contributed by atoms with E-state index in [2.05, 4.69) is 15.4 Å². The maximum absolute atomic E-state index is 13.3. The maximum atomic E-state index is 13.3. The lowest BCUT2D eigenvalue weighted by molar-refractivity contribution is -0.183. The minimum Gasteiger partial charge on any atom is -0.493 e. The van der Waals surface area contributed by atoms with Gasteiger partial charge in [-0.15, -0.1) is 12.4 Å². The van der Waals surface area contributed by atoms with Gasteiger partial charge in [-0.1, -0.05) is 0 Å². The van der Waals surface area contributed by atoms with Crippen molar-refractivity contribution in [2.75, 3.05) is 39.8 Å². The second kappa shape index (κ2) is 10.6. The topological polar surface area (TPSA) is 62.8 Å². The Morgan fingerprint density at radius 1 is 1.25 bits per heavy atom. The van der Waals surface area contributed by atoms with Crippen molar-refractivity contribution in [3.05, 3.63) is 23.8 Å². The summed E-state index contributed by atoms with van der Waals surface area (Å²) in [5.74, 6) is -1.18. The highest BCUT2D eigenvalue weighted by molar-refractivity contribution is 5.94. The summed E-state index contributed by atoms with van der Waals surface area (Å²) in [6.07, 6.45) is -4.50. The average Bonchev–Trinajstić information content (AvgIpc) is 2.61. The van der Waals surface area contributed by atoms with Gasteiger partial charge in [0.05, 0.1) is 7.11 Å². The zero-order valence-corrected chi connectivity index (χ0v) is 15.7. The summed E-state index contributed by atoms with van der Waals surface area (Å²) in [5.41, 5.74) is -0.0327. The molecule has 1 aromatic rings. The molecule has 1 aliphatic rings. The molecule has 6 nitrogen and oxygen atoms in total. The summed E-state index contributed by atoms with van der Waals surface area (Å²) in [4.78, 5) is 13.5. The molecule has 12 heteroatoms. The van der Waals surface area contributed by atoms with E-state index in [1.54, 1.807) is 0 Å². The molecule has 0 spiro atoms. The van der Waals surface area contributed by atoms with Gasteiger partial charge in [0.1, 0.15) is 6.04 Å². The third kappa shape index (κ3) is 6.64. The average molecular weight is 434 g/mol. The largest absolute Gasteiger partial charge is 0.493 e. The van der Waals surface area contributed by atoms with Crippen molar-refractivity contribution in [2.45, 2.75) is 18.8 Å². The van der Waals surface area contributed by atoms with E-state index in [0.29, 0.717) is 13.1 Å². The molecule has 1 saturated heterocycles. The lowest BCUT2D eigenvalue weighted by Gasteiger charge is -2.35. The predicted molar refractivity (Wildman–Crippen MR) is 93.5 cm³/mol. The number of hydrogen-bond acceptors (Lipinski definition) is 5. The van der Waals surface area contributed by atoms with Crippen LogP contribution in [0.4, 0.5) is 22.0 Å². The maximum Gasteiger partial charge on any atom is 0.405 e. The molecule has 1 aliphatic heterocycles. The number of ether oxygens (including phenoxy) is 2. The Labute approximate surface area is 164 Å². The molecule has 0 aromatic heterocycles.